The second-order valence-electron chi connectivity index (χ2n) is 2.18. The van der Waals surface area contributed by atoms with Crippen molar-refractivity contribution in [1.29, 1.82) is 0 Å². The number of likely N-dealkylation sites (N-methyl/N-ethyl adjacent to an activating group) is 1. The number of carbonyl (C=O) groups is 1. The molecule has 0 aliphatic rings. The van der Waals surface area contributed by atoms with Gasteiger partial charge >= 0.3 is 0 Å². The van der Waals surface area contributed by atoms with Crippen LogP contribution in [0.5, 0.6) is 0 Å². The molecule has 0 heterocycles. The van der Waals surface area contributed by atoms with Crippen molar-refractivity contribution in [3.05, 3.63) is 0 Å². The Morgan fingerprint density at radius 3 is 2.73 bits per heavy atom. The van der Waals surface area contributed by atoms with Gasteiger partial charge in [-0.15, -0.1) is 6.42 Å². The first kappa shape index (κ1) is 9.99. The van der Waals surface area contributed by atoms with Gasteiger partial charge in [-0.2, -0.15) is 0 Å². The second kappa shape index (κ2) is 5.75. The molecule has 1 unspecified atom stereocenters. The van der Waals surface area contributed by atoms with Gasteiger partial charge in [0, 0.05) is 7.05 Å². The van der Waals surface area contributed by atoms with Crippen molar-refractivity contribution < 1.29 is 4.79 Å². The lowest BCUT2D eigenvalue weighted by Crippen LogP contribution is -2.36. The maximum absolute atomic E-state index is 10.7. The Bertz CT molecular complexity index is 160. The average molecular weight is 154 g/mol. The Hall–Kier alpha value is -1.01. The smallest absolute Gasteiger partial charge is 0.233 e. The number of carbonyl (C=O) groups excluding carboxylic acids is 1. The van der Waals surface area contributed by atoms with Crippen LogP contribution in [0.25, 0.3) is 0 Å². The summed E-state index contributed by atoms with van der Waals surface area (Å²) in [5, 5.41) is 5.42. The fourth-order valence-corrected chi connectivity index (χ4v) is 0.625. The molecule has 0 aliphatic heterocycles. The molecule has 1 atom stereocenters. The molecule has 0 radical (unpaired) electrons. The van der Waals surface area contributed by atoms with E-state index in [1.807, 2.05) is 6.92 Å². The molecular formula is C8H14N2O. The van der Waals surface area contributed by atoms with Gasteiger partial charge < -0.3 is 5.32 Å². The molecule has 0 aromatic carbocycles. The first-order valence-electron chi connectivity index (χ1n) is 3.64. The monoisotopic (exact) mass is 154 g/mol. The minimum Gasteiger partial charge on any atom is -0.358 e. The third-order valence-electron chi connectivity index (χ3n) is 1.40. The largest absolute Gasteiger partial charge is 0.358 e. The highest BCUT2D eigenvalue weighted by atomic mass is 16.1. The maximum atomic E-state index is 10.7. The molecule has 0 saturated carbocycles. The summed E-state index contributed by atoms with van der Waals surface area (Å²) in [6, 6.07) is 0.00676. The van der Waals surface area contributed by atoms with Crippen LogP contribution < -0.4 is 10.6 Å². The van der Waals surface area contributed by atoms with Crippen LogP contribution in [0.2, 0.25) is 0 Å². The summed E-state index contributed by atoms with van der Waals surface area (Å²) in [4.78, 5) is 10.7. The normalized spacial score (nSPS) is 11.7. The Labute approximate surface area is 67.6 Å². The molecule has 0 saturated heterocycles. The molecule has 3 nitrogen and oxygen atoms in total. The number of hydrogen-bond donors (Lipinski definition) is 2. The van der Waals surface area contributed by atoms with E-state index in [1.165, 1.54) is 0 Å². The molecule has 1 amide bonds. The van der Waals surface area contributed by atoms with Crippen LogP contribution in [0.4, 0.5) is 0 Å². The number of hydrogen-bond acceptors (Lipinski definition) is 2. The van der Waals surface area contributed by atoms with Crippen molar-refractivity contribution in [2.24, 2.45) is 0 Å². The SMILES string of the molecule is C#CC(CC)NCC(=O)NC. The van der Waals surface area contributed by atoms with Crippen LogP contribution >= 0.6 is 0 Å². The second-order valence-corrected chi connectivity index (χ2v) is 2.18. The van der Waals surface area contributed by atoms with E-state index in [-0.39, 0.29) is 11.9 Å². The fraction of sp³-hybridized carbons (Fsp3) is 0.625. The highest BCUT2D eigenvalue weighted by Gasteiger charge is 2.02. The summed E-state index contributed by atoms with van der Waals surface area (Å²) in [5.74, 6) is 2.50. The lowest BCUT2D eigenvalue weighted by Gasteiger charge is -2.08. The third-order valence-corrected chi connectivity index (χ3v) is 1.40. The highest BCUT2D eigenvalue weighted by Crippen LogP contribution is 1.85. The first-order chi connectivity index (χ1) is 5.24. The highest BCUT2D eigenvalue weighted by molar-refractivity contribution is 5.77. The van der Waals surface area contributed by atoms with Gasteiger partial charge in [0.1, 0.15) is 0 Å². The van der Waals surface area contributed by atoms with Gasteiger partial charge in [-0.1, -0.05) is 12.8 Å². The lowest BCUT2D eigenvalue weighted by atomic mass is 10.2. The van der Waals surface area contributed by atoms with Gasteiger partial charge in [-0.05, 0) is 6.42 Å². The summed E-state index contributed by atoms with van der Waals surface area (Å²) < 4.78 is 0. The van der Waals surface area contributed by atoms with Crippen molar-refractivity contribution in [3.63, 3.8) is 0 Å². The Morgan fingerprint density at radius 2 is 2.36 bits per heavy atom. The molecule has 11 heavy (non-hydrogen) atoms. The van der Waals surface area contributed by atoms with E-state index in [4.69, 9.17) is 6.42 Å². The van der Waals surface area contributed by atoms with Crippen LogP contribution in [0.15, 0.2) is 0 Å². The molecule has 0 spiro atoms. The lowest BCUT2D eigenvalue weighted by molar-refractivity contribution is -0.119. The molecule has 0 bridgehead atoms. The number of terminal acetylenes is 1. The summed E-state index contributed by atoms with van der Waals surface area (Å²) >= 11 is 0. The molecule has 0 aromatic rings. The Balaban J connectivity index is 3.52. The van der Waals surface area contributed by atoms with Crippen LogP contribution in [0.1, 0.15) is 13.3 Å². The molecule has 0 rings (SSSR count). The number of amides is 1. The minimum atomic E-state index is -0.0429. The first-order valence-corrected chi connectivity index (χ1v) is 3.64. The van der Waals surface area contributed by atoms with E-state index in [1.54, 1.807) is 7.05 Å². The topological polar surface area (TPSA) is 41.1 Å². The van der Waals surface area contributed by atoms with E-state index in [0.29, 0.717) is 6.54 Å². The predicted octanol–water partition coefficient (Wildman–Crippen LogP) is -0.266. The van der Waals surface area contributed by atoms with E-state index < -0.39 is 0 Å². The summed E-state index contributed by atoms with van der Waals surface area (Å²) in [5.41, 5.74) is 0. The van der Waals surface area contributed by atoms with Gasteiger partial charge in [0.25, 0.3) is 0 Å². The van der Waals surface area contributed by atoms with E-state index >= 15 is 0 Å². The minimum absolute atomic E-state index is 0.00676. The van der Waals surface area contributed by atoms with Crippen LogP contribution in [-0.2, 0) is 4.79 Å². The van der Waals surface area contributed by atoms with Gasteiger partial charge in [-0.3, -0.25) is 10.1 Å². The average Bonchev–Trinajstić information content (AvgIpc) is 2.06. The van der Waals surface area contributed by atoms with Gasteiger partial charge in [0.15, 0.2) is 0 Å². The van der Waals surface area contributed by atoms with Crippen LogP contribution in [0.3, 0.4) is 0 Å². The van der Waals surface area contributed by atoms with E-state index in [0.717, 1.165) is 6.42 Å². The Morgan fingerprint density at radius 1 is 1.73 bits per heavy atom. The zero-order chi connectivity index (χ0) is 8.69. The van der Waals surface area contributed by atoms with Crippen LogP contribution in [0, 0.1) is 12.3 Å². The Kier molecular flexibility index (Phi) is 5.22. The molecule has 0 aliphatic carbocycles. The fourth-order valence-electron chi connectivity index (χ4n) is 0.625. The summed E-state index contributed by atoms with van der Waals surface area (Å²) in [7, 11) is 1.60. The van der Waals surface area contributed by atoms with Gasteiger partial charge in [0.2, 0.25) is 5.91 Å². The van der Waals surface area contributed by atoms with E-state index in [9.17, 15) is 4.79 Å². The zero-order valence-electron chi connectivity index (χ0n) is 6.98. The quantitative estimate of drug-likeness (QED) is 0.547. The number of nitrogens with one attached hydrogen (secondary N) is 2. The van der Waals surface area contributed by atoms with Crippen molar-refractivity contribution >= 4 is 5.91 Å². The van der Waals surface area contributed by atoms with Gasteiger partial charge in [-0.25, -0.2) is 0 Å². The molecular weight excluding hydrogens is 140 g/mol. The third kappa shape index (κ3) is 4.40. The number of rotatable bonds is 4. The van der Waals surface area contributed by atoms with Crippen molar-refractivity contribution in [2.75, 3.05) is 13.6 Å². The molecule has 0 aromatic heterocycles. The molecule has 62 valence electrons. The summed E-state index contributed by atoms with van der Waals surface area (Å²) in [6.07, 6.45) is 6.01. The van der Waals surface area contributed by atoms with E-state index in [2.05, 4.69) is 16.6 Å². The maximum Gasteiger partial charge on any atom is 0.233 e. The molecule has 3 heteroatoms. The van der Waals surface area contributed by atoms with Crippen molar-refractivity contribution in [3.8, 4) is 12.3 Å². The predicted molar refractivity (Wildman–Crippen MR) is 45.0 cm³/mol. The van der Waals surface area contributed by atoms with Gasteiger partial charge in [0.05, 0.1) is 12.6 Å². The summed E-state index contributed by atoms with van der Waals surface area (Å²) in [6.45, 7) is 2.26. The zero-order valence-corrected chi connectivity index (χ0v) is 6.98. The molecule has 0 fully saturated rings. The standard InChI is InChI=1S/C8H14N2O/c1-4-7(5-2)10-6-8(11)9-3/h1,7,10H,5-6H2,2-3H3,(H,9,11). The van der Waals surface area contributed by atoms with Crippen LogP contribution in [-0.4, -0.2) is 25.5 Å². The van der Waals surface area contributed by atoms with Crippen molar-refractivity contribution in [2.45, 2.75) is 19.4 Å². The molecule has 2 N–H and O–H groups in total. The van der Waals surface area contributed by atoms with Crippen molar-refractivity contribution in [1.82, 2.24) is 10.6 Å².